The highest BCUT2D eigenvalue weighted by Gasteiger charge is 2.14. The van der Waals surface area contributed by atoms with E-state index in [2.05, 4.69) is 38.1 Å². The van der Waals surface area contributed by atoms with Crippen LogP contribution in [0.3, 0.4) is 0 Å². The van der Waals surface area contributed by atoms with E-state index in [0.29, 0.717) is 0 Å². The van der Waals surface area contributed by atoms with E-state index >= 15 is 0 Å². The highest BCUT2D eigenvalue weighted by atomic mass is 16.5. The Labute approximate surface area is 131 Å². The minimum Gasteiger partial charge on any atom is -0.493 e. The summed E-state index contributed by atoms with van der Waals surface area (Å²) in [5, 5.41) is 0. The Bertz CT molecular complexity index is 375. The van der Waals surface area contributed by atoms with Crippen molar-refractivity contribution in [3.63, 3.8) is 0 Å². The van der Waals surface area contributed by atoms with Gasteiger partial charge in [-0.15, -0.1) is 0 Å². The second-order valence-corrected chi connectivity index (χ2v) is 6.73. The molecule has 1 aromatic rings. The molecule has 1 heteroatoms. The standard InChI is InChI=1S/C20H32O/c1-3-8-17(4-2)15-18-11-13-20(14-12-18)21-16-19-9-6-5-7-10-19/h11-14,17,19H,3-10,15-16H2,1-2H3. The van der Waals surface area contributed by atoms with Crippen molar-refractivity contribution in [3.8, 4) is 5.75 Å². The zero-order valence-electron chi connectivity index (χ0n) is 13.9. The summed E-state index contributed by atoms with van der Waals surface area (Å²) in [6.07, 6.45) is 12.0. The summed E-state index contributed by atoms with van der Waals surface area (Å²) in [7, 11) is 0. The fourth-order valence-electron chi connectivity index (χ4n) is 3.48. The first-order chi connectivity index (χ1) is 10.3. The van der Waals surface area contributed by atoms with Gasteiger partial charge >= 0.3 is 0 Å². The van der Waals surface area contributed by atoms with Gasteiger partial charge in [0.15, 0.2) is 0 Å². The van der Waals surface area contributed by atoms with Crippen molar-refractivity contribution in [2.75, 3.05) is 6.61 Å². The van der Waals surface area contributed by atoms with E-state index in [0.717, 1.165) is 24.2 Å². The summed E-state index contributed by atoms with van der Waals surface area (Å²) < 4.78 is 5.98. The van der Waals surface area contributed by atoms with E-state index in [4.69, 9.17) is 4.74 Å². The predicted octanol–water partition coefficient (Wildman–Crippen LogP) is 6.01. The summed E-state index contributed by atoms with van der Waals surface area (Å²) in [6, 6.07) is 8.84. The highest BCUT2D eigenvalue weighted by Crippen LogP contribution is 2.25. The van der Waals surface area contributed by atoms with Gasteiger partial charge in [-0.25, -0.2) is 0 Å². The molecule has 0 heterocycles. The van der Waals surface area contributed by atoms with Gasteiger partial charge in [-0.1, -0.05) is 64.5 Å². The third-order valence-electron chi connectivity index (χ3n) is 4.93. The largest absolute Gasteiger partial charge is 0.493 e. The summed E-state index contributed by atoms with van der Waals surface area (Å²) in [6.45, 7) is 5.50. The van der Waals surface area contributed by atoms with Gasteiger partial charge in [-0.2, -0.15) is 0 Å². The van der Waals surface area contributed by atoms with Gasteiger partial charge < -0.3 is 4.74 Å². The molecule has 0 aromatic heterocycles. The van der Waals surface area contributed by atoms with Crippen molar-refractivity contribution >= 4 is 0 Å². The molecule has 118 valence electrons. The molecule has 1 fully saturated rings. The van der Waals surface area contributed by atoms with E-state index in [1.54, 1.807) is 0 Å². The molecular formula is C20H32O. The molecule has 0 saturated heterocycles. The minimum atomic E-state index is 0.785. The minimum absolute atomic E-state index is 0.785. The molecule has 1 unspecified atom stereocenters. The first-order valence-electron chi connectivity index (χ1n) is 9.03. The first-order valence-corrected chi connectivity index (χ1v) is 9.03. The molecule has 0 aliphatic heterocycles. The maximum atomic E-state index is 5.98. The Morgan fingerprint density at radius 1 is 1.05 bits per heavy atom. The molecule has 1 saturated carbocycles. The van der Waals surface area contributed by atoms with Crippen molar-refractivity contribution in [1.82, 2.24) is 0 Å². The number of hydrogen-bond acceptors (Lipinski definition) is 1. The molecule has 1 aromatic carbocycles. The van der Waals surface area contributed by atoms with Crippen LogP contribution < -0.4 is 4.74 Å². The van der Waals surface area contributed by atoms with Gasteiger partial charge in [0, 0.05) is 0 Å². The molecule has 0 radical (unpaired) electrons. The zero-order valence-corrected chi connectivity index (χ0v) is 13.9. The van der Waals surface area contributed by atoms with Crippen LogP contribution in [0.1, 0.15) is 70.8 Å². The summed E-state index contributed by atoms with van der Waals surface area (Å²) >= 11 is 0. The van der Waals surface area contributed by atoms with E-state index in [9.17, 15) is 0 Å². The van der Waals surface area contributed by atoms with Crippen LogP contribution in [0.15, 0.2) is 24.3 Å². The van der Waals surface area contributed by atoms with Crippen LogP contribution in [-0.2, 0) is 6.42 Å². The topological polar surface area (TPSA) is 9.23 Å². The predicted molar refractivity (Wildman–Crippen MR) is 90.9 cm³/mol. The lowest BCUT2D eigenvalue weighted by Gasteiger charge is -2.21. The first kappa shape index (κ1) is 16.4. The van der Waals surface area contributed by atoms with Gasteiger partial charge in [-0.3, -0.25) is 0 Å². The molecule has 1 aliphatic carbocycles. The Hall–Kier alpha value is -0.980. The molecule has 21 heavy (non-hydrogen) atoms. The van der Waals surface area contributed by atoms with E-state index in [1.165, 1.54) is 63.4 Å². The normalized spacial score (nSPS) is 17.6. The third kappa shape index (κ3) is 5.73. The lowest BCUT2D eigenvalue weighted by atomic mass is 9.90. The van der Waals surface area contributed by atoms with E-state index < -0.39 is 0 Å². The maximum absolute atomic E-state index is 5.98. The number of rotatable bonds is 8. The van der Waals surface area contributed by atoms with Crippen molar-refractivity contribution in [1.29, 1.82) is 0 Å². The second kappa shape index (κ2) is 9.12. The zero-order chi connectivity index (χ0) is 14.9. The van der Waals surface area contributed by atoms with Crippen LogP contribution in [0.5, 0.6) is 5.75 Å². The van der Waals surface area contributed by atoms with Gasteiger partial charge in [-0.05, 0) is 48.8 Å². The molecule has 0 N–H and O–H groups in total. The summed E-state index contributed by atoms with van der Waals surface area (Å²) in [5.41, 5.74) is 1.46. The Morgan fingerprint density at radius 2 is 1.76 bits per heavy atom. The van der Waals surface area contributed by atoms with Crippen molar-refractivity contribution < 1.29 is 4.74 Å². The summed E-state index contributed by atoms with van der Waals surface area (Å²) in [4.78, 5) is 0. The molecule has 0 spiro atoms. The van der Waals surface area contributed by atoms with Crippen LogP contribution in [0.4, 0.5) is 0 Å². The molecule has 0 bridgehead atoms. The highest BCUT2D eigenvalue weighted by molar-refractivity contribution is 5.27. The number of ether oxygens (including phenoxy) is 1. The van der Waals surface area contributed by atoms with Crippen molar-refractivity contribution in [2.45, 2.75) is 71.6 Å². The Balaban J connectivity index is 1.78. The fourth-order valence-corrected chi connectivity index (χ4v) is 3.48. The maximum Gasteiger partial charge on any atom is 0.119 e. The molecule has 1 atom stereocenters. The van der Waals surface area contributed by atoms with E-state index in [-0.39, 0.29) is 0 Å². The van der Waals surface area contributed by atoms with Crippen LogP contribution in [0, 0.1) is 11.8 Å². The van der Waals surface area contributed by atoms with E-state index in [1.807, 2.05) is 0 Å². The van der Waals surface area contributed by atoms with Gasteiger partial charge in [0.25, 0.3) is 0 Å². The molecule has 1 aliphatic rings. The Kier molecular flexibility index (Phi) is 7.12. The molecule has 1 nitrogen and oxygen atoms in total. The third-order valence-corrected chi connectivity index (χ3v) is 4.93. The number of benzene rings is 1. The summed E-state index contributed by atoms with van der Waals surface area (Å²) in [5.74, 6) is 2.67. The van der Waals surface area contributed by atoms with Gasteiger partial charge in [0.2, 0.25) is 0 Å². The van der Waals surface area contributed by atoms with Gasteiger partial charge in [0.1, 0.15) is 5.75 Å². The van der Waals surface area contributed by atoms with Crippen LogP contribution >= 0.6 is 0 Å². The molecular weight excluding hydrogens is 256 g/mol. The second-order valence-electron chi connectivity index (χ2n) is 6.73. The average molecular weight is 288 g/mol. The fraction of sp³-hybridized carbons (Fsp3) is 0.700. The lowest BCUT2D eigenvalue weighted by molar-refractivity contribution is 0.209. The average Bonchev–Trinajstić information content (AvgIpc) is 2.54. The lowest BCUT2D eigenvalue weighted by Crippen LogP contribution is -2.15. The smallest absolute Gasteiger partial charge is 0.119 e. The molecule has 2 rings (SSSR count). The van der Waals surface area contributed by atoms with Crippen LogP contribution in [0.25, 0.3) is 0 Å². The Morgan fingerprint density at radius 3 is 2.38 bits per heavy atom. The van der Waals surface area contributed by atoms with Gasteiger partial charge in [0.05, 0.1) is 6.61 Å². The monoisotopic (exact) mass is 288 g/mol. The van der Waals surface area contributed by atoms with Crippen LogP contribution in [-0.4, -0.2) is 6.61 Å². The van der Waals surface area contributed by atoms with Crippen LogP contribution in [0.2, 0.25) is 0 Å². The number of hydrogen-bond donors (Lipinski definition) is 0. The van der Waals surface area contributed by atoms with Crippen molar-refractivity contribution in [2.24, 2.45) is 11.8 Å². The quantitative estimate of drug-likeness (QED) is 0.569. The molecule has 0 amide bonds. The SMILES string of the molecule is CCCC(CC)Cc1ccc(OCC2CCCCC2)cc1. The van der Waals surface area contributed by atoms with Crippen molar-refractivity contribution in [3.05, 3.63) is 29.8 Å².